The van der Waals surface area contributed by atoms with Crippen LogP contribution < -0.4 is 10.5 Å². The number of sulfonamides is 1. The molecule has 2 aromatic carbocycles. The third-order valence-electron chi connectivity index (χ3n) is 4.51. The Bertz CT molecular complexity index is 1240. The summed E-state index contributed by atoms with van der Waals surface area (Å²) in [5.41, 5.74) is 1.69. The van der Waals surface area contributed by atoms with Gasteiger partial charge in [-0.3, -0.25) is 4.79 Å². The van der Waals surface area contributed by atoms with Crippen LogP contribution >= 0.6 is 11.3 Å². The van der Waals surface area contributed by atoms with Crippen LogP contribution in [0.1, 0.15) is 16.0 Å². The lowest BCUT2D eigenvalue weighted by Crippen LogP contribution is -2.30. The highest BCUT2D eigenvalue weighted by Crippen LogP contribution is 2.24. The Morgan fingerprint density at radius 3 is 2.36 bits per heavy atom. The maximum absolute atomic E-state index is 13.2. The molecule has 0 spiro atoms. The SMILES string of the molecule is NS(=O)(=O)c1ccc(CCNC(=O)COC(=O)C(=Cc2ccc(F)cc2)c2cccs2)cc1. The Labute approximate surface area is 194 Å². The minimum atomic E-state index is -3.75. The Morgan fingerprint density at radius 1 is 1.06 bits per heavy atom. The van der Waals surface area contributed by atoms with Gasteiger partial charge in [0.15, 0.2) is 6.61 Å². The van der Waals surface area contributed by atoms with Crippen molar-refractivity contribution in [2.45, 2.75) is 11.3 Å². The monoisotopic (exact) mass is 488 g/mol. The van der Waals surface area contributed by atoms with Crippen LogP contribution in [-0.4, -0.2) is 33.4 Å². The first kappa shape index (κ1) is 24.3. The number of esters is 1. The fourth-order valence-electron chi connectivity index (χ4n) is 2.84. The minimum Gasteiger partial charge on any atom is -0.452 e. The second-order valence-electron chi connectivity index (χ2n) is 6.95. The van der Waals surface area contributed by atoms with E-state index in [0.717, 1.165) is 5.56 Å². The summed E-state index contributed by atoms with van der Waals surface area (Å²) in [5, 5.41) is 9.51. The number of ether oxygens (including phenoxy) is 1. The minimum absolute atomic E-state index is 0.0115. The zero-order valence-electron chi connectivity index (χ0n) is 17.4. The highest BCUT2D eigenvalue weighted by Gasteiger charge is 2.16. The summed E-state index contributed by atoms with van der Waals surface area (Å²) in [6, 6.07) is 15.2. The number of carbonyl (C=O) groups is 2. The molecule has 33 heavy (non-hydrogen) atoms. The summed E-state index contributed by atoms with van der Waals surface area (Å²) in [5.74, 6) is -1.53. The molecule has 0 saturated heterocycles. The van der Waals surface area contributed by atoms with Crippen LogP contribution in [0.2, 0.25) is 0 Å². The van der Waals surface area contributed by atoms with E-state index in [1.165, 1.54) is 35.6 Å². The summed E-state index contributed by atoms with van der Waals surface area (Å²) < 4.78 is 40.9. The number of rotatable bonds is 9. The fraction of sp³-hybridized carbons (Fsp3) is 0.130. The molecule has 0 saturated carbocycles. The molecule has 3 N–H and O–H groups in total. The van der Waals surface area contributed by atoms with Crippen LogP contribution in [0.25, 0.3) is 11.6 Å². The number of nitrogens with one attached hydrogen (secondary N) is 1. The molecule has 0 bridgehead atoms. The Balaban J connectivity index is 1.53. The summed E-state index contributed by atoms with van der Waals surface area (Å²) in [7, 11) is -3.75. The van der Waals surface area contributed by atoms with Crippen LogP contribution in [0, 0.1) is 5.82 Å². The third kappa shape index (κ3) is 7.35. The standard InChI is InChI=1S/C23H21FN2O5S2/c24-18-7-3-17(4-8-18)14-20(21-2-1-13-32-21)23(28)31-15-22(27)26-12-11-16-5-9-19(10-6-16)33(25,29)30/h1-10,13-14H,11-12,15H2,(H,26,27)(H2,25,29,30). The number of thiophene rings is 1. The van der Waals surface area contributed by atoms with E-state index >= 15 is 0 Å². The first-order valence-corrected chi connectivity index (χ1v) is 12.2. The van der Waals surface area contributed by atoms with Crippen molar-refractivity contribution in [1.82, 2.24) is 5.32 Å². The van der Waals surface area contributed by atoms with Crippen molar-refractivity contribution < 1.29 is 27.1 Å². The maximum Gasteiger partial charge on any atom is 0.340 e. The average Bonchev–Trinajstić information content (AvgIpc) is 3.31. The van der Waals surface area contributed by atoms with Crippen LogP contribution in [0.4, 0.5) is 4.39 Å². The van der Waals surface area contributed by atoms with E-state index in [0.29, 0.717) is 16.9 Å². The Morgan fingerprint density at radius 2 is 1.76 bits per heavy atom. The molecule has 0 aliphatic heterocycles. The number of nitrogens with two attached hydrogens (primary N) is 1. The van der Waals surface area contributed by atoms with E-state index < -0.39 is 28.5 Å². The van der Waals surface area contributed by atoms with E-state index in [-0.39, 0.29) is 22.8 Å². The summed E-state index contributed by atoms with van der Waals surface area (Å²) in [6.07, 6.45) is 2.03. The smallest absolute Gasteiger partial charge is 0.340 e. The highest BCUT2D eigenvalue weighted by molar-refractivity contribution is 7.89. The van der Waals surface area contributed by atoms with Gasteiger partial charge in [0.2, 0.25) is 10.0 Å². The lowest BCUT2D eigenvalue weighted by atomic mass is 10.1. The van der Waals surface area contributed by atoms with Crippen molar-refractivity contribution in [3.05, 3.63) is 87.9 Å². The molecule has 3 aromatic rings. The lowest BCUT2D eigenvalue weighted by molar-refractivity contribution is -0.142. The van der Waals surface area contributed by atoms with Crippen LogP contribution in [-0.2, 0) is 30.8 Å². The van der Waals surface area contributed by atoms with Gasteiger partial charge in [0, 0.05) is 11.4 Å². The van der Waals surface area contributed by atoms with Gasteiger partial charge in [-0.1, -0.05) is 30.3 Å². The zero-order chi connectivity index (χ0) is 23.8. The molecule has 0 aliphatic rings. The number of primary sulfonamides is 1. The number of carbonyl (C=O) groups excluding carboxylic acids is 2. The molecule has 1 heterocycles. The van der Waals surface area contributed by atoms with Gasteiger partial charge < -0.3 is 10.1 Å². The Hall–Kier alpha value is -3.34. The van der Waals surface area contributed by atoms with Gasteiger partial charge in [-0.05, 0) is 59.3 Å². The van der Waals surface area contributed by atoms with Gasteiger partial charge in [0.05, 0.1) is 10.5 Å². The van der Waals surface area contributed by atoms with Crippen molar-refractivity contribution >= 4 is 44.9 Å². The first-order valence-electron chi connectivity index (χ1n) is 9.79. The first-order chi connectivity index (χ1) is 15.7. The molecule has 0 fully saturated rings. The third-order valence-corrected chi connectivity index (χ3v) is 6.34. The molecular weight excluding hydrogens is 467 g/mol. The van der Waals surface area contributed by atoms with Crippen LogP contribution in [0.15, 0.2) is 70.9 Å². The molecule has 7 nitrogen and oxygen atoms in total. The molecule has 0 unspecified atom stereocenters. The van der Waals surface area contributed by atoms with Crippen molar-refractivity contribution in [3.63, 3.8) is 0 Å². The number of benzene rings is 2. The highest BCUT2D eigenvalue weighted by atomic mass is 32.2. The van der Waals surface area contributed by atoms with Gasteiger partial charge >= 0.3 is 5.97 Å². The summed E-state index contributed by atoms with van der Waals surface area (Å²) >= 11 is 1.34. The molecule has 172 valence electrons. The normalized spacial score (nSPS) is 11.8. The molecular formula is C23H21FN2O5S2. The number of hydrogen-bond acceptors (Lipinski definition) is 6. The number of halogens is 1. The van der Waals surface area contributed by atoms with Crippen molar-refractivity contribution in [3.8, 4) is 0 Å². The van der Waals surface area contributed by atoms with Gasteiger partial charge in [-0.2, -0.15) is 0 Å². The largest absolute Gasteiger partial charge is 0.452 e. The van der Waals surface area contributed by atoms with E-state index in [4.69, 9.17) is 9.88 Å². The molecule has 1 aromatic heterocycles. The molecule has 1 amide bonds. The Kier molecular flexibility index (Phi) is 8.10. The van der Waals surface area contributed by atoms with Gasteiger partial charge in [-0.15, -0.1) is 11.3 Å². The van der Waals surface area contributed by atoms with Gasteiger partial charge in [-0.25, -0.2) is 22.7 Å². The fourth-order valence-corrected chi connectivity index (χ4v) is 4.09. The van der Waals surface area contributed by atoms with Crippen molar-refractivity contribution in [1.29, 1.82) is 0 Å². The van der Waals surface area contributed by atoms with E-state index in [2.05, 4.69) is 5.32 Å². The second-order valence-corrected chi connectivity index (χ2v) is 9.46. The molecule has 0 radical (unpaired) electrons. The van der Waals surface area contributed by atoms with Gasteiger partial charge in [0.1, 0.15) is 5.82 Å². The van der Waals surface area contributed by atoms with Crippen LogP contribution in [0.5, 0.6) is 0 Å². The number of hydrogen-bond donors (Lipinski definition) is 2. The van der Waals surface area contributed by atoms with Crippen molar-refractivity contribution in [2.24, 2.45) is 5.14 Å². The molecule has 0 aliphatic carbocycles. The zero-order valence-corrected chi connectivity index (χ0v) is 19.0. The maximum atomic E-state index is 13.2. The quantitative estimate of drug-likeness (QED) is 0.355. The molecule has 10 heteroatoms. The summed E-state index contributed by atoms with van der Waals surface area (Å²) in [6.45, 7) is -0.191. The predicted molar refractivity (Wildman–Crippen MR) is 124 cm³/mol. The van der Waals surface area contributed by atoms with E-state index in [9.17, 15) is 22.4 Å². The topological polar surface area (TPSA) is 116 Å². The summed E-state index contributed by atoms with van der Waals surface area (Å²) in [4.78, 5) is 25.4. The second kappa shape index (κ2) is 11.0. The van der Waals surface area contributed by atoms with Gasteiger partial charge in [0.25, 0.3) is 5.91 Å². The van der Waals surface area contributed by atoms with Crippen LogP contribution in [0.3, 0.4) is 0 Å². The predicted octanol–water partition coefficient (Wildman–Crippen LogP) is 2.98. The van der Waals surface area contributed by atoms with E-state index in [1.54, 1.807) is 42.5 Å². The molecule has 0 atom stereocenters. The van der Waals surface area contributed by atoms with E-state index in [1.807, 2.05) is 5.38 Å². The molecule has 3 rings (SSSR count). The van der Waals surface area contributed by atoms with Crippen molar-refractivity contribution in [2.75, 3.05) is 13.2 Å². The number of amides is 1. The average molecular weight is 489 g/mol. The lowest BCUT2D eigenvalue weighted by Gasteiger charge is -2.09.